The Hall–Kier alpha value is -1.13. The van der Waals surface area contributed by atoms with Crippen LogP contribution >= 0.6 is 22.9 Å². The van der Waals surface area contributed by atoms with Crippen molar-refractivity contribution in [2.24, 2.45) is 0 Å². The number of hydrogen-bond acceptors (Lipinski definition) is 4. The number of rotatable bonds is 4. The van der Waals surface area contributed by atoms with E-state index in [1.54, 1.807) is 17.5 Å². The highest BCUT2D eigenvalue weighted by molar-refractivity contribution is 7.09. The molecule has 0 amide bonds. The van der Waals surface area contributed by atoms with Crippen LogP contribution < -0.4 is 4.90 Å². The molecule has 0 atom stereocenters. The molecule has 0 unspecified atom stereocenters. The molecule has 0 spiro atoms. The molecule has 90 valence electrons. The van der Waals surface area contributed by atoms with Gasteiger partial charge in [-0.2, -0.15) is 0 Å². The molecule has 2 heterocycles. The third-order valence-corrected chi connectivity index (χ3v) is 3.67. The summed E-state index contributed by atoms with van der Waals surface area (Å²) in [4.78, 5) is 11.7. The minimum Gasteiger partial charge on any atom is -0.359 e. The zero-order chi connectivity index (χ0) is 12.3. The lowest BCUT2D eigenvalue weighted by atomic mass is 10.3. The fraction of sp³-hybridized carbons (Fsp3) is 0.333. The maximum absolute atomic E-state index is 5.81. The predicted molar refractivity (Wildman–Crippen MR) is 73.1 cm³/mol. The maximum Gasteiger partial charge on any atom is 0.224 e. The summed E-state index contributed by atoms with van der Waals surface area (Å²) < 4.78 is 0. The van der Waals surface area contributed by atoms with Gasteiger partial charge in [-0.3, -0.25) is 0 Å². The number of anilines is 1. The molecule has 0 aromatic carbocycles. The van der Waals surface area contributed by atoms with E-state index < -0.39 is 0 Å². The summed E-state index contributed by atoms with van der Waals surface area (Å²) in [5.74, 6) is 0.904. The molecule has 2 aromatic heterocycles. The van der Waals surface area contributed by atoms with Crippen LogP contribution in [0.1, 0.15) is 10.4 Å². The van der Waals surface area contributed by atoms with Gasteiger partial charge >= 0.3 is 0 Å². The normalized spacial score (nSPS) is 10.5. The Morgan fingerprint density at radius 2 is 2.29 bits per heavy atom. The smallest absolute Gasteiger partial charge is 0.224 e. The molecule has 0 aliphatic rings. The van der Waals surface area contributed by atoms with E-state index in [4.69, 9.17) is 11.6 Å². The van der Waals surface area contributed by atoms with Gasteiger partial charge in [0.1, 0.15) is 5.82 Å². The molecule has 0 fully saturated rings. The lowest BCUT2D eigenvalue weighted by molar-refractivity contribution is 0.858. The molecule has 0 bridgehead atoms. The van der Waals surface area contributed by atoms with Crippen LogP contribution in [-0.4, -0.2) is 23.6 Å². The maximum atomic E-state index is 5.81. The van der Waals surface area contributed by atoms with Gasteiger partial charge in [-0.15, -0.1) is 11.3 Å². The van der Waals surface area contributed by atoms with Crippen molar-refractivity contribution in [3.63, 3.8) is 0 Å². The third kappa shape index (κ3) is 3.17. The average Bonchev–Trinajstić information content (AvgIpc) is 2.82. The van der Waals surface area contributed by atoms with E-state index in [0.717, 1.165) is 24.3 Å². The van der Waals surface area contributed by atoms with Crippen LogP contribution in [0, 0.1) is 6.92 Å². The number of hydrogen-bond donors (Lipinski definition) is 0. The third-order valence-electron chi connectivity index (χ3n) is 2.55. The van der Waals surface area contributed by atoms with Gasteiger partial charge < -0.3 is 4.90 Å². The fourth-order valence-corrected chi connectivity index (χ4v) is 2.46. The first-order valence-electron chi connectivity index (χ1n) is 5.39. The van der Waals surface area contributed by atoms with Crippen LogP contribution in [0.15, 0.2) is 23.7 Å². The van der Waals surface area contributed by atoms with Gasteiger partial charge in [0, 0.05) is 30.2 Å². The summed E-state index contributed by atoms with van der Waals surface area (Å²) >= 11 is 7.60. The number of thiophene rings is 1. The Morgan fingerprint density at radius 1 is 1.47 bits per heavy atom. The van der Waals surface area contributed by atoms with Crippen LogP contribution in [-0.2, 0) is 6.42 Å². The summed E-state index contributed by atoms with van der Waals surface area (Å²) in [6.07, 6.45) is 2.78. The first-order valence-corrected chi connectivity index (χ1v) is 6.65. The number of halogens is 1. The molecule has 5 heteroatoms. The van der Waals surface area contributed by atoms with Gasteiger partial charge in [-0.1, -0.05) is 6.07 Å². The van der Waals surface area contributed by atoms with Crippen molar-refractivity contribution in [3.05, 3.63) is 39.4 Å². The van der Waals surface area contributed by atoms with E-state index in [1.807, 2.05) is 14.0 Å². The van der Waals surface area contributed by atoms with E-state index >= 15 is 0 Å². The Balaban J connectivity index is 2.04. The van der Waals surface area contributed by atoms with Crippen LogP contribution in [0.3, 0.4) is 0 Å². The summed E-state index contributed by atoms with van der Waals surface area (Å²) in [5, 5.41) is 2.40. The van der Waals surface area contributed by atoms with Crippen molar-refractivity contribution in [1.82, 2.24) is 9.97 Å². The molecule has 2 aromatic rings. The topological polar surface area (TPSA) is 29.0 Å². The second kappa shape index (κ2) is 5.47. The van der Waals surface area contributed by atoms with Crippen molar-refractivity contribution < 1.29 is 0 Å². The minimum absolute atomic E-state index is 0.300. The lowest BCUT2D eigenvalue weighted by Gasteiger charge is -2.19. The standard InChI is InChI=1S/C12H14ClN3S/c1-9-8-14-12(13)15-11(9)16(2)6-5-10-4-3-7-17-10/h3-4,7-8H,5-6H2,1-2H3. The molecule has 2 rings (SSSR count). The highest BCUT2D eigenvalue weighted by Crippen LogP contribution is 2.18. The van der Waals surface area contributed by atoms with Crippen LogP contribution in [0.2, 0.25) is 5.28 Å². The van der Waals surface area contributed by atoms with E-state index in [-0.39, 0.29) is 0 Å². The molecule has 0 aliphatic heterocycles. The van der Waals surface area contributed by atoms with Gasteiger partial charge in [0.25, 0.3) is 0 Å². The number of aryl methyl sites for hydroxylation is 1. The molecule has 0 aliphatic carbocycles. The van der Waals surface area contributed by atoms with Crippen molar-refractivity contribution in [3.8, 4) is 0 Å². The molecule has 0 saturated carbocycles. The molecule has 0 saturated heterocycles. The van der Waals surface area contributed by atoms with E-state index in [9.17, 15) is 0 Å². The van der Waals surface area contributed by atoms with Crippen molar-refractivity contribution in [2.45, 2.75) is 13.3 Å². The summed E-state index contributed by atoms with van der Waals surface area (Å²) in [5.41, 5.74) is 1.04. The largest absolute Gasteiger partial charge is 0.359 e. The van der Waals surface area contributed by atoms with Crippen LogP contribution in [0.25, 0.3) is 0 Å². The van der Waals surface area contributed by atoms with E-state index in [2.05, 4.69) is 32.4 Å². The zero-order valence-electron chi connectivity index (χ0n) is 9.85. The second-order valence-corrected chi connectivity index (χ2v) is 5.27. The molecule has 0 N–H and O–H groups in total. The zero-order valence-corrected chi connectivity index (χ0v) is 11.4. The summed E-state index contributed by atoms with van der Waals surface area (Å²) in [6, 6.07) is 4.23. The van der Waals surface area contributed by atoms with Crippen molar-refractivity contribution >= 4 is 28.8 Å². The van der Waals surface area contributed by atoms with Gasteiger partial charge in [-0.25, -0.2) is 9.97 Å². The van der Waals surface area contributed by atoms with E-state index in [1.165, 1.54) is 4.88 Å². The molecule has 17 heavy (non-hydrogen) atoms. The Bertz CT molecular complexity index is 485. The predicted octanol–water partition coefficient (Wildman–Crippen LogP) is 3.18. The first-order chi connectivity index (χ1) is 8.16. The van der Waals surface area contributed by atoms with E-state index in [0.29, 0.717) is 5.28 Å². The van der Waals surface area contributed by atoms with Gasteiger partial charge in [0.2, 0.25) is 5.28 Å². The highest BCUT2D eigenvalue weighted by Gasteiger charge is 2.08. The minimum atomic E-state index is 0.300. The Morgan fingerprint density at radius 3 is 3.00 bits per heavy atom. The fourth-order valence-electron chi connectivity index (χ4n) is 1.64. The average molecular weight is 268 g/mol. The van der Waals surface area contributed by atoms with Crippen molar-refractivity contribution in [1.29, 1.82) is 0 Å². The number of aromatic nitrogens is 2. The first kappa shape index (κ1) is 12.3. The quantitative estimate of drug-likeness (QED) is 0.797. The molecular formula is C12H14ClN3S. The Kier molecular flexibility index (Phi) is 3.97. The lowest BCUT2D eigenvalue weighted by Crippen LogP contribution is -2.22. The number of nitrogens with zero attached hydrogens (tertiary/aromatic N) is 3. The highest BCUT2D eigenvalue weighted by atomic mass is 35.5. The Labute approximate surface area is 110 Å². The van der Waals surface area contributed by atoms with Gasteiger partial charge in [0.05, 0.1) is 0 Å². The number of likely N-dealkylation sites (N-methyl/N-ethyl adjacent to an activating group) is 1. The molecule has 0 radical (unpaired) electrons. The summed E-state index contributed by atoms with van der Waals surface area (Å²) in [7, 11) is 2.03. The molecular weight excluding hydrogens is 254 g/mol. The monoisotopic (exact) mass is 267 g/mol. The van der Waals surface area contributed by atoms with Gasteiger partial charge in [0.15, 0.2) is 0 Å². The summed E-state index contributed by atoms with van der Waals surface area (Å²) in [6.45, 7) is 2.92. The van der Waals surface area contributed by atoms with Gasteiger partial charge in [-0.05, 0) is 36.4 Å². The SMILES string of the molecule is Cc1cnc(Cl)nc1N(C)CCc1cccs1. The molecule has 3 nitrogen and oxygen atoms in total. The van der Waals surface area contributed by atoms with Crippen molar-refractivity contribution in [2.75, 3.05) is 18.5 Å². The van der Waals surface area contributed by atoms with Crippen LogP contribution in [0.5, 0.6) is 0 Å². The van der Waals surface area contributed by atoms with Crippen LogP contribution in [0.4, 0.5) is 5.82 Å². The second-order valence-electron chi connectivity index (χ2n) is 3.90.